The fraction of sp³-hybridized carbons (Fsp3) is 0.458. The second kappa shape index (κ2) is 9.34. The van der Waals surface area contributed by atoms with E-state index in [1.807, 2.05) is 4.90 Å². The number of aryl methyl sites for hydroxylation is 2. The fourth-order valence-corrected chi connectivity index (χ4v) is 7.35. The van der Waals surface area contributed by atoms with E-state index in [0.717, 1.165) is 19.4 Å². The van der Waals surface area contributed by atoms with Crippen LogP contribution < -0.4 is 0 Å². The Hall–Kier alpha value is -1.60. The predicted octanol–water partition coefficient (Wildman–Crippen LogP) is 5.37. The predicted molar refractivity (Wildman–Crippen MR) is 128 cm³/mol. The van der Waals surface area contributed by atoms with E-state index < -0.39 is 10.0 Å². The van der Waals surface area contributed by atoms with Gasteiger partial charge in [0.05, 0.1) is 16.1 Å². The van der Waals surface area contributed by atoms with Crippen LogP contribution in [0.2, 0.25) is 10.0 Å². The van der Waals surface area contributed by atoms with Crippen molar-refractivity contribution in [3.8, 4) is 0 Å². The van der Waals surface area contributed by atoms with Crippen LogP contribution in [0.15, 0.2) is 41.3 Å². The molecule has 2 aliphatic rings. The number of sulfonamides is 1. The minimum atomic E-state index is -3.81. The van der Waals surface area contributed by atoms with Gasteiger partial charge in [-0.05, 0) is 68.4 Å². The minimum absolute atomic E-state index is 0.0533. The molecule has 8 heteroatoms. The molecule has 0 spiro atoms. The second-order valence-corrected chi connectivity index (χ2v) is 11.5. The Bertz CT molecular complexity index is 1110. The van der Waals surface area contributed by atoms with Crippen LogP contribution in [-0.4, -0.2) is 43.2 Å². The van der Waals surface area contributed by atoms with Gasteiger partial charge in [-0.3, -0.25) is 4.79 Å². The largest absolute Gasteiger partial charge is 0.335 e. The minimum Gasteiger partial charge on any atom is -0.335 e. The molecule has 32 heavy (non-hydrogen) atoms. The van der Waals surface area contributed by atoms with Gasteiger partial charge >= 0.3 is 0 Å². The first-order valence-corrected chi connectivity index (χ1v) is 13.2. The van der Waals surface area contributed by atoms with Crippen molar-refractivity contribution < 1.29 is 13.2 Å². The SMILES string of the molecule is Cc1ccc(C2CCCN2C(=O)C2CCN(S(=O)(=O)c3c(Cl)cccc3Cl)CC2)cc1C. The number of carbonyl (C=O) groups is 1. The van der Waals surface area contributed by atoms with Crippen LogP contribution >= 0.6 is 23.2 Å². The Kier molecular flexibility index (Phi) is 6.87. The Labute approximate surface area is 200 Å². The van der Waals surface area contributed by atoms with Crippen LogP contribution in [0.3, 0.4) is 0 Å². The van der Waals surface area contributed by atoms with Crippen molar-refractivity contribution in [1.29, 1.82) is 0 Å². The highest BCUT2D eigenvalue weighted by molar-refractivity contribution is 7.89. The molecular weight excluding hydrogens is 467 g/mol. The van der Waals surface area contributed by atoms with Crippen molar-refractivity contribution in [2.24, 2.45) is 5.92 Å². The molecule has 2 aromatic carbocycles. The van der Waals surface area contributed by atoms with Gasteiger partial charge in [-0.15, -0.1) is 0 Å². The fourth-order valence-electron chi connectivity index (χ4n) is 4.78. The van der Waals surface area contributed by atoms with E-state index in [2.05, 4.69) is 32.0 Å². The summed E-state index contributed by atoms with van der Waals surface area (Å²) in [4.78, 5) is 15.3. The first kappa shape index (κ1) is 23.6. The molecule has 0 N–H and O–H groups in total. The topological polar surface area (TPSA) is 57.7 Å². The summed E-state index contributed by atoms with van der Waals surface area (Å²) in [5, 5.41) is 0.230. The molecule has 0 bridgehead atoms. The summed E-state index contributed by atoms with van der Waals surface area (Å²) in [6, 6.07) is 11.2. The number of rotatable bonds is 4. The zero-order valence-electron chi connectivity index (χ0n) is 18.4. The van der Waals surface area contributed by atoms with E-state index in [9.17, 15) is 13.2 Å². The molecule has 172 valence electrons. The molecule has 2 fully saturated rings. The highest BCUT2D eigenvalue weighted by Gasteiger charge is 2.38. The van der Waals surface area contributed by atoms with Crippen LogP contribution in [0.1, 0.15) is 48.4 Å². The number of amides is 1. The average molecular weight is 495 g/mol. The van der Waals surface area contributed by atoms with Crippen LogP contribution in [0, 0.1) is 19.8 Å². The van der Waals surface area contributed by atoms with E-state index in [1.54, 1.807) is 6.07 Å². The molecule has 0 radical (unpaired) electrons. The summed E-state index contributed by atoms with van der Waals surface area (Å²) >= 11 is 12.3. The molecule has 2 heterocycles. The van der Waals surface area contributed by atoms with Gasteiger partial charge in [0.25, 0.3) is 0 Å². The third-order valence-electron chi connectivity index (χ3n) is 6.77. The Morgan fingerprint density at radius 2 is 1.59 bits per heavy atom. The number of carbonyl (C=O) groups excluding carboxylic acids is 1. The lowest BCUT2D eigenvalue weighted by Crippen LogP contribution is -2.44. The van der Waals surface area contributed by atoms with E-state index in [4.69, 9.17) is 23.2 Å². The van der Waals surface area contributed by atoms with Crippen LogP contribution in [0.25, 0.3) is 0 Å². The van der Waals surface area contributed by atoms with Gasteiger partial charge < -0.3 is 4.90 Å². The number of nitrogens with zero attached hydrogens (tertiary/aromatic N) is 2. The van der Waals surface area contributed by atoms with Gasteiger partial charge in [0, 0.05) is 25.6 Å². The number of benzene rings is 2. The van der Waals surface area contributed by atoms with Crippen molar-refractivity contribution in [3.63, 3.8) is 0 Å². The van der Waals surface area contributed by atoms with Crippen molar-refractivity contribution in [2.45, 2.75) is 50.5 Å². The summed E-state index contributed by atoms with van der Waals surface area (Å²) in [5.41, 5.74) is 3.67. The third kappa shape index (κ3) is 4.43. The molecule has 1 atom stereocenters. The van der Waals surface area contributed by atoms with Gasteiger partial charge in [0.2, 0.25) is 15.9 Å². The Balaban J connectivity index is 1.46. The number of likely N-dealkylation sites (tertiary alicyclic amines) is 1. The zero-order valence-corrected chi connectivity index (χ0v) is 20.7. The summed E-state index contributed by atoms with van der Waals surface area (Å²) in [7, 11) is -3.81. The van der Waals surface area contributed by atoms with Gasteiger partial charge in [0.15, 0.2) is 0 Å². The van der Waals surface area contributed by atoms with Gasteiger partial charge in [-0.25, -0.2) is 8.42 Å². The molecule has 5 nitrogen and oxygen atoms in total. The van der Waals surface area contributed by atoms with E-state index in [0.29, 0.717) is 12.8 Å². The third-order valence-corrected chi connectivity index (χ3v) is 9.63. The summed E-state index contributed by atoms with van der Waals surface area (Å²) in [6.45, 7) is 5.50. The van der Waals surface area contributed by atoms with E-state index in [1.165, 1.54) is 33.1 Å². The van der Waals surface area contributed by atoms with E-state index in [-0.39, 0.29) is 45.9 Å². The van der Waals surface area contributed by atoms with Gasteiger partial charge in [-0.2, -0.15) is 4.31 Å². The van der Waals surface area contributed by atoms with E-state index >= 15 is 0 Å². The maximum Gasteiger partial charge on any atom is 0.246 e. The summed E-state index contributed by atoms with van der Waals surface area (Å²) in [6.07, 6.45) is 2.95. The maximum atomic E-state index is 13.4. The van der Waals surface area contributed by atoms with Gasteiger partial charge in [0.1, 0.15) is 4.90 Å². The van der Waals surface area contributed by atoms with Crippen molar-refractivity contribution in [3.05, 3.63) is 63.1 Å². The monoisotopic (exact) mass is 494 g/mol. The molecule has 0 saturated carbocycles. The Morgan fingerprint density at radius 3 is 2.22 bits per heavy atom. The first-order chi connectivity index (χ1) is 15.2. The van der Waals surface area contributed by atoms with Crippen LogP contribution in [0.5, 0.6) is 0 Å². The van der Waals surface area contributed by atoms with Crippen molar-refractivity contribution in [1.82, 2.24) is 9.21 Å². The van der Waals surface area contributed by atoms with Crippen molar-refractivity contribution >= 4 is 39.1 Å². The molecule has 0 aromatic heterocycles. The zero-order chi connectivity index (χ0) is 23.0. The molecule has 4 rings (SSSR count). The maximum absolute atomic E-state index is 13.4. The highest BCUT2D eigenvalue weighted by atomic mass is 35.5. The first-order valence-electron chi connectivity index (χ1n) is 11.0. The molecule has 1 unspecified atom stereocenters. The van der Waals surface area contributed by atoms with Gasteiger partial charge in [-0.1, -0.05) is 47.5 Å². The number of hydrogen-bond donors (Lipinski definition) is 0. The van der Waals surface area contributed by atoms with Crippen LogP contribution in [-0.2, 0) is 14.8 Å². The smallest absolute Gasteiger partial charge is 0.246 e. The lowest BCUT2D eigenvalue weighted by Gasteiger charge is -2.34. The normalized spacial score (nSPS) is 20.6. The average Bonchev–Trinajstić information content (AvgIpc) is 3.25. The van der Waals surface area contributed by atoms with Crippen molar-refractivity contribution in [2.75, 3.05) is 19.6 Å². The number of hydrogen-bond acceptors (Lipinski definition) is 3. The highest BCUT2D eigenvalue weighted by Crippen LogP contribution is 2.37. The summed E-state index contributed by atoms with van der Waals surface area (Å²) in [5.74, 6) is -0.0335. The Morgan fingerprint density at radius 1 is 0.938 bits per heavy atom. The molecule has 1 amide bonds. The number of halogens is 2. The quantitative estimate of drug-likeness (QED) is 0.573. The standard InChI is InChI=1S/C24H28Cl2N2O3S/c1-16-8-9-19(15-17(16)2)22-7-4-12-28(22)24(29)18-10-13-27(14-11-18)32(30,31)23-20(25)5-3-6-21(23)26/h3,5-6,8-9,15,18,22H,4,7,10-14H2,1-2H3. The molecule has 2 saturated heterocycles. The molecule has 0 aliphatic carbocycles. The molecular formula is C24H28Cl2N2O3S. The molecule has 2 aliphatic heterocycles. The number of piperidine rings is 1. The summed E-state index contributed by atoms with van der Waals surface area (Å²) < 4.78 is 27.6. The lowest BCUT2D eigenvalue weighted by molar-refractivity contribution is -0.137. The second-order valence-electron chi connectivity index (χ2n) is 8.76. The lowest BCUT2D eigenvalue weighted by atomic mass is 9.94. The molecule has 2 aromatic rings. The van der Waals surface area contributed by atoms with Crippen LogP contribution in [0.4, 0.5) is 0 Å².